The zero-order chi connectivity index (χ0) is 29.4. The average Bonchev–Trinajstić information content (AvgIpc) is 3.24. The smallest absolute Gasteiger partial charge is 0.245 e. The molecule has 0 aliphatic carbocycles. The molecule has 0 saturated carbocycles. The van der Waals surface area contributed by atoms with Gasteiger partial charge in [-0.05, 0) is 81.0 Å². The van der Waals surface area contributed by atoms with Crippen LogP contribution in [0.5, 0.6) is 0 Å². The summed E-state index contributed by atoms with van der Waals surface area (Å²) in [6, 6.07) is 8.66. The number of pyridine rings is 1. The number of likely N-dealkylation sites (N-methyl/N-ethyl adjacent to an activating group) is 1. The molecule has 1 aliphatic heterocycles. The minimum Gasteiger partial charge on any atom is -0.384 e. The fraction of sp³-hybridized carbons (Fsp3) is 0.310. The fourth-order valence-electron chi connectivity index (χ4n) is 4.61. The van der Waals surface area contributed by atoms with Gasteiger partial charge in [-0.3, -0.25) is 14.7 Å². The first-order valence-electron chi connectivity index (χ1n) is 12.5. The molecule has 3 aromatic rings. The van der Waals surface area contributed by atoms with Gasteiger partial charge in [0.25, 0.3) is 0 Å². The van der Waals surface area contributed by atoms with Crippen molar-refractivity contribution in [1.29, 1.82) is 0 Å². The molecule has 4 rings (SSSR count). The van der Waals surface area contributed by atoms with E-state index >= 15 is 4.39 Å². The van der Waals surface area contributed by atoms with Crippen molar-refractivity contribution >= 4 is 15.7 Å². The maximum Gasteiger partial charge on any atom is 0.245 e. The van der Waals surface area contributed by atoms with Gasteiger partial charge in [-0.15, -0.1) is 0 Å². The largest absolute Gasteiger partial charge is 0.384 e. The molecule has 0 radical (unpaired) electrons. The molecule has 2 aromatic carbocycles. The van der Waals surface area contributed by atoms with Crippen LogP contribution in [0.25, 0.3) is 11.1 Å². The van der Waals surface area contributed by atoms with Gasteiger partial charge >= 0.3 is 0 Å². The second kappa shape index (κ2) is 11.1. The number of nitrogens with zero attached hydrogens (tertiary/aromatic N) is 3. The first-order valence-corrected chi connectivity index (χ1v) is 14.2. The van der Waals surface area contributed by atoms with E-state index in [2.05, 4.69) is 4.98 Å². The average molecular weight is 574 g/mol. The molecule has 0 saturated heterocycles. The Kier molecular flexibility index (Phi) is 8.21. The van der Waals surface area contributed by atoms with Gasteiger partial charge < -0.3 is 10.0 Å². The predicted molar refractivity (Wildman–Crippen MR) is 145 cm³/mol. The molecule has 212 valence electrons. The van der Waals surface area contributed by atoms with E-state index in [1.807, 2.05) is 0 Å². The van der Waals surface area contributed by atoms with Crippen molar-refractivity contribution in [2.45, 2.75) is 38.1 Å². The van der Waals surface area contributed by atoms with Crippen molar-refractivity contribution in [3.8, 4) is 11.1 Å². The van der Waals surface area contributed by atoms with Crippen molar-refractivity contribution in [2.24, 2.45) is 0 Å². The molecular weight excluding hydrogens is 543 g/mol. The van der Waals surface area contributed by atoms with E-state index in [0.29, 0.717) is 16.8 Å². The monoisotopic (exact) mass is 573 g/mol. The zero-order valence-electron chi connectivity index (χ0n) is 22.5. The van der Waals surface area contributed by atoms with Crippen molar-refractivity contribution in [1.82, 2.24) is 14.8 Å². The summed E-state index contributed by atoms with van der Waals surface area (Å²) in [6.07, 6.45) is 2.92. The molecule has 2 atom stereocenters. The molecule has 0 fully saturated rings. The topological polar surface area (TPSA) is 90.8 Å². The lowest BCUT2D eigenvalue weighted by atomic mass is 9.97. The number of carbonyl (C=O) groups excluding carboxylic acids is 1. The van der Waals surface area contributed by atoms with E-state index < -0.39 is 50.9 Å². The van der Waals surface area contributed by atoms with Gasteiger partial charge in [0.2, 0.25) is 5.91 Å². The summed E-state index contributed by atoms with van der Waals surface area (Å²) in [5, 5.41) is 11.5. The Labute approximate surface area is 231 Å². The van der Waals surface area contributed by atoms with Crippen LogP contribution in [0.3, 0.4) is 0 Å². The first-order chi connectivity index (χ1) is 18.7. The Morgan fingerprint density at radius 2 is 1.68 bits per heavy atom. The summed E-state index contributed by atoms with van der Waals surface area (Å²) in [5.74, 6) is -3.69. The summed E-state index contributed by atoms with van der Waals surface area (Å²) in [5.41, 5.74) is 0.317. The van der Waals surface area contributed by atoms with Crippen molar-refractivity contribution < 1.29 is 31.5 Å². The van der Waals surface area contributed by atoms with Crippen LogP contribution in [-0.2, 0) is 26.8 Å². The highest BCUT2D eigenvalue weighted by Crippen LogP contribution is 2.31. The fourth-order valence-corrected chi connectivity index (χ4v) is 5.91. The van der Waals surface area contributed by atoms with Crippen LogP contribution in [-0.4, -0.2) is 60.1 Å². The highest BCUT2D eigenvalue weighted by molar-refractivity contribution is 7.94. The van der Waals surface area contributed by atoms with E-state index in [-0.39, 0.29) is 23.4 Å². The van der Waals surface area contributed by atoms with E-state index in [1.165, 1.54) is 40.3 Å². The third kappa shape index (κ3) is 6.43. The Hall–Kier alpha value is -3.54. The quantitative estimate of drug-likeness (QED) is 0.432. The lowest BCUT2D eigenvalue weighted by molar-refractivity contribution is -0.138. The van der Waals surface area contributed by atoms with Crippen LogP contribution >= 0.6 is 0 Å². The van der Waals surface area contributed by atoms with E-state index in [9.17, 15) is 27.1 Å². The number of sulfone groups is 1. The minimum atomic E-state index is -3.53. The number of benzene rings is 2. The second-order valence-corrected chi connectivity index (χ2v) is 12.5. The number of aliphatic hydroxyl groups is 1. The van der Waals surface area contributed by atoms with E-state index in [4.69, 9.17) is 0 Å². The standard InChI is InChI=1S/C29H30F3N3O4S/c1-29(2,37)26-13-18(9-11-33-26)16-35(21-10-12-40(38,39)17-21)28(36)27(34(3)4)22-7-5-19(14-24(22)31)20-6-8-23(30)25(32)15-20/h5-15,21,27,37H,16-17H2,1-4H3. The lowest BCUT2D eigenvalue weighted by Crippen LogP contribution is -2.46. The number of carbonyl (C=O) groups is 1. The van der Waals surface area contributed by atoms with Crippen LogP contribution in [0.4, 0.5) is 13.2 Å². The van der Waals surface area contributed by atoms with Gasteiger partial charge in [0.1, 0.15) is 17.5 Å². The Balaban J connectivity index is 1.72. The molecule has 2 heterocycles. The van der Waals surface area contributed by atoms with Crippen molar-refractivity contribution in [2.75, 3.05) is 19.8 Å². The SMILES string of the molecule is CN(C)C(C(=O)N(Cc1ccnc(C(C)(C)O)c1)C1C=CS(=O)(=O)C1)c1ccc(-c2ccc(F)c(F)c2)cc1F. The number of aromatic nitrogens is 1. The van der Waals surface area contributed by atoms with Crippen molar-refractivity contribution in [3.63, 3.8) is 0 Å². The van der Waals surface area contributed by atoms with Crippen LogP contribution in [0.2, 0.25) is 0 Å². The van der Waals surface area contributed by atoms with Gasteiger partial charge in [-0.2, -0.15) is 0 Å². The van der Waals surface area contributed by atoms with E-state index in [1.54, 1.807) is 40.1 Å². The molecular formula is C29H30F3N3O4S. The second-order valence-electron chi connectivity index (χ2n) is 10.5. The van der Waals surface area contributed by atoms with Gasteiger partial charge in [0.05, 0.1) is 17.5 Å². The number of rotatable bonds is 8. The zero-order valence-corrected chi connectivity index (χ0v) is 23.3. The predicted octanol–water partition coefficient (Wildman–Crippen LogP) is 4.34. The summed E-state index contributed by atoms with van der Waals surface area (Å²) in [6.45, 7) is 3.13. The van der Waals surface area contributed by atoms with Crippen LogP contribution in [0, 0.1) is 17.5 Å². The number of halogens is 3. The highest BCUT2D eigenvalue weighted by Gasteiger charge is 2.36. The molecule has 40 heavy (non-hydrogen) atoms. The Morgan fingerprint density at radius 3 is 2.23 bits per heavy atom. The third-order valence-corrected chi connectivity index (χ3v) is 8.07. The number of amides is 1. The molecule has 2 unspecified atom stereocenters. The molecule has 11 heteroatoms. The van der Waals surface area contributed by atoms with Gasteiger partial charge in [-0.25, -0.2) is 21.6 Å². The molecule has 7 nitrogen and oxygen atoms in total. The Bertz CT molecular complexity index is 1570. The summed E-state index contributed by atoms with van der Waals surface area (Å²) in [4.78, 5) is 21.2. The van der Waals surface area contributed by atoms with Gasteiger partial charge in [-0.1, -0.05) is 18.2 Å². The molecule has 1 amide bonds. The van der Waals surface area contributed by atoms with E-state index in [0.717, 1.165) is 23.6 Å². The third-order valence-electron chi connectivity index (χ3n) is 6.70. The van der Waals surface area contributed by atoms with Crippen molar-refractivity contribution in [3.05, 3.63) is 100 Å². The summed E-state index contributed by atoms with van der Waals surface area (Å²) < 4.78 is 67.2. The summed E-state index contributed by atoms with van der Waals surface area (Å²) in [7, 11) is -0.330. The molecule has 1 aliphatic rings. The molecule has 0 spiro atoms. The highest BCUT2D eigenvalue weighted by atomic mass is 32.2. The van der Waals surface area contributed by atoms with Crippen LogP contribution in [0.1, 0.15) is 36.7 Å². The lowest BCUT2D eigenvalue weighted by Gasteiger charge is -2.34. The maximum absolute atomic E-state index is 15.5. The summed E-state index contributed by atoms with van der Waals surface area (Å²) >= 11 is 0. The Morgan fingerprint density at radius 1 is 1.02 bits per heavy atom. The number of hydrogen-bond donors (Lipinski definition) is 1. The van der Waals surface area contributed by atoms with Crippen LogP contribution in [0.15, 0.2) is 66.2 Å². The minimum absolute atomic E-state index is 0.0200. The molecule has 1 aromatic heterocycles. The first kappa shape index (κ1) is 29.4. The normalized spacial score (nSPS) is 17.3. The van der Waals surface area contributed by atoms with Gasteiger partial charge in [0.15, 0.2) is 21.5 Å². The van der Waals surface area contributed by atoms with Gasteiger partial charge in [0, 0.05) is 23.7 Å². The molecule has 0 bridgehead atoms. The molecule has 1 N–H and O–H groups in total. The maximum atomic E-state index is 15.5. The number of hydrogen-bond acceptors (Lipinski definition) is 6. The van der Waals surface area contributed by atoms with Crippen LogP contribution < -0.4 is 0 Å².